The van der Waals surface area contributed by atoms with Crippen molar-refractivity contribution < 1.29 is 32.2 Å². The van der Waals surface area contributed by atoms with Gasteiger partial charge in [0.05, 0.1) is 31.9 Å². The van der Waals surface area contributed by atoms with Gasteiger partial charge in [-0.2, -0.15) is 0 Å². The molecule has 0 spiro atoms. The van der Waals surface area contributed by atoms with Crippen LogP contribution in [-0.4, -0.2) is 65.1 Å². The summed E-state index contributed by atoms with van der Waals surface area (Å²) in [6.07, 6.45) is 0.718. The number of nitrogens with zero attached hydrogens (tertiary/aromatic N) is 2. The Morgan fingerprint density at radius 1 is 0.857 bits per heavy atom. The lowest BCUT2D eigenvalue weighted by atomic mass is 10.1. The summed E-state index contributed by atoms with van der Waals surface area (Å²) in [5, 5.41) is 2.92. The Kier molecular flexibility index (Phi) is 11.2. The third kappa shape index (κ3) is 7.73. The predicted octanol–water partition coefficient (Wildman–Crippen LogP) is 4.24. The molecule has 226 valence electrons. The van der Waals surface area contributed by atoms with Gasteiger partial charge in [0.15, 0.2) is 11.5 Å². The smallest absolute Gasteiger partial charge is 0.264 e. The topological polar surface area (TPSA) is 114 Å². The highest BCUT2D eigenvalue weighted by atomic mass is 32.2. The van der Waals surface area contributed by atoms with Crippen molar-refractivity contribution in [2.75, 3.05) is 32.2 Å². The third-order valence-corrected chi connectivity index (χ3v) is 8.72. The molecule has 42 heavy (non-hydrogen) atoms. The number of anilines is 1. The van der Waals surface area contributed by atoms with Gasteiger partial charge < -0.3 is 24.4 Å². The average molecular weight is 598 g/mol. The number of para-hydroxylation sites is 1. The number of methoxy groups -OCH3 is 3. The Bertz CT molecular complexity index is 1450. The average Bonchev–Trinajstić information content (AvgIpc) is 3.01. The summed E-state index contributed by atoms with van der Waals surface area (Å²) in [4.78, 5) is 28.5. The maximum atomic E-state index is 14.0. The van der Waals surface area contributed by atoms with Gasteiger partial charge in [-0.05, 0) is 62.2 Å². The summed E-state index contributed by atoms with van der Waals surface area (Å²) in [7, 11) is 0.168. The molecule has 0 aliphatic heterocycles. The highest BCUT2D eigenvalue weighted by Crippen LogP contribution is 2.32. The molecule has 0 aliphatic rings. The van der Waals surface area contributed by atoms with E-state index in [1.54, 1.807) is 68.6 Å². The first kappa shape index (κ1) is 32.3. The van der Waals surface area contributed by atoms with Crippen LogP contribution in [0.4, 0.5) is 5.69 Å². The van der Waals surface area contributed by atoms with Crippen molar-refractivity contribution >= 4 is 27.5 Å². The molecular formula is C31H39N3O7S. The van der Waals surface area contributed by atoms with E-state index in [2.05, 4.69) is 5.32 Å². The number of carbonyl (C=O) groups is 2. The monoisotopic (exact) mass is 597 g/mol. The van der Waals surface area contributed by atoms with Crippen molar-refractivity contribution in [1.82, 2.24) is 10.2 Å². The maximum absolute atomic E-state index is 14.0. The number of carbonyl (C=O) groups excluding carboxylic acids is 2. The van der Waals surface area contributed by atoms with Gasteiger partial charge in [0.2, 0.25) is 11.8 Å². The number of benzene rings is 3. The fraction of sp³-hybridized carbons (Fsp3) is 0.355. The molecule has 11 heteroatoms. The van der Waals surface area contributed by atoms with Gasteiger partial charge in [0.25, 0.3) is 10.0 Å². The molecule has 0 unspecified atom stereocenters. The zero-order valence-electron chi connectivity index (χ0n) is 24.9. The minimum atomic E-state index is -4.26. The first-order valence-electron chi connectivity index (χ1n) is 13.6. The third-order valence-electron chi connectivity index (χ3n) is 6.95. The van der Waals surface area contributed by atoms with Crippen LogP contribution in [0, 0.1) is 0 Å². The number of ether oxygens (including phenoxy) is 3. The molecule has 0 saturated heterocycles. The molecule has 0 heterocycles. The van der Waals surface area contributed by atoms with E-state index in [9.17, 15) is 18.0 Å². The van der Waals surface area contributed by atoms with Crippen molar-refractivity contribution in [3.05, 3.63) is 78.4 Å². The highest BCUT2D eigenvalue weighted by Gasteiger charge is 2.33. The van der Waals surface area contributed by atoms with Crippen LogP contribution in [-0.2, 0) is 26.2 Å². The molecule has 3 aromatic carbocycles. The van der Waals surface area contributed by atoms with Gasteiger partial charge in [0.1, 0.15) is 18.3 Å². The van der Waals surface area contributed by atoms with Gasteiger partial charge in [-0.3, -0.25) is 13.9 Å². The first-order chi connectivity index (χ1) is 20.0. The second-order valence-electron chi connectivity index (χ2n) is 9.73. The Labute approximate surface area is 248 Å². The van der Waals surface area contributed by atoms with Gasteiger partial charge in [-0.25, -0.2) is 8.42 Å². The first-order valence-corrected chi connectivity index (χ1v) is 15.0. The second kappa shape index (κ2) is 14.6. The van der Waals surface area contributed by atoms with Crippen molar-refractivity contribution in [2.45, 2.75) is 50.7 Å². The highest BCUT2D eigenvalue weighted by molar-refractivity contribution is 7.92. The van der Waals surface area contributed by atoms with E-state index in [0.29, 0.717) is 17.2 Å². The zero-order chi connectivity index (χ0) is 30.9. The van der Waals surface area contributed by atoms with E-state index in [1.165, 1.54) is 37.3 Å². The summed E-state index contributed by atoms with van der Waals surface area (Å²) in [5.74, 6) is 0.362. The molecule has 0 radical (unpaired) electrons. The molecule has 0 fully saturated rings. The fourth-order valence-corrected chi connectivity index (χ4v) is 5.63. The van der Waals surface area contributed by atoms with Crippen LogP contribution in [0.1, 0.15) is 32.8 Å². The summed E-state index contributed by atoms with van der Waals surface area (Å²) >= 11 is 0. The van der Waals surface area contributed by atoms with Crippen molar-refractivity contribution in [3.8, 4) is 17.2 Å². The maximum Gasteiger partial charge on any atom is 0.264 e. The van der Waals surface area contributed by atoms with E-state index in [0.717, 1.165) is 16.3 Å². The number of sulfonamides is 1. The molecule has 10 nitrogen and oxygen atoms in total. The number of hydrogen-bond acceptors (Lipinski definition) is 7. The molecule has 3 aromatic rings. The van der Waals surface area contributed by atoms with Crippen LogP contribution >= 0.6 is 0 Å². The largest absolute Gasteiger partial charge is 0.497 e. The SMILES string of the molecule is CC[C@H](C)NC(=O)[C@@H](C)N(Cc1ccc(OC)cc1)C(=O)CN(c1ccccc1)S(=O)(=O)c1ccc(OC)c(OC)c1. The fourth-order valence-electron chi connectivity index (χ4n) is 4.20. The molecule has 0 aliphatic carbocycles. The normalized spacial score (nSPS) is 12.5. The van der Waals surface area contributed by atoms with Gasteiger partial charge in [0, 0.05) is 18.7 Å². The molecule has 3 rings (SSSR count). The predicted molar refractivity (Wildman–Crippen MR) is 161 cm³/mol. The number of nitrogens with one attached hydrogen (secondary N) is 1. The molecule has 2 amide bonds. The van der Waals surface area contributed by atoms with Crippen LogP contribution in [0.2, 0.25) is 0 Å². The molecule has 2 atom stereocenters. The van der Waals surface area contributed by atoms with Crippen LogP contribution in [0.3, 0.4) is 0 Å². The quantitative estimate of drug-likeness (QED) is 0.296. The Hall–Kier alpha value is -4.25. The molecule has 0 bridgehead atoms. The van der Waals surface area contributed by atoms with E-state index < -0.39 is 28.5 Å². The van der Waals surface area contributed by atoms with E-state index in [-0.39, 0.29) is 29.1 Å². The Balaban J connectivity index is 2.03. The van der Waals surface area contributed by atoms with Gasteiger partial charge in [-0.15, -0.1) is 0 Å². The minimum Gasteiger partial charge on any atom is -0.497 e. The lowest BCUT2D eigenvalue weighted by Gasteiger charge is -2.32. The summed E-state index contributed by atoms with van der Waals surface area (Å²) in [6.45, 7) is 5.00. The summed E-state index contributed by atoms with van der Waals surface area (Å²) in [5.41, 5.74) is 1.04. The van der Waals surface area contributed by atoms with E-state index in [4.69, 9.17) is 14.2 Å². The van der Waals surface area contributed by atoms with Crippen LogP contribution < -0.4 is 23.8 Å². The Morgan fingerprint density at radius 2 is 1.50 bits per heavy atom. The van der Waals surface area contributed by atoms with E-state index >= 15 is 0 Å². The summed E-state index contributed by atoms with van der Waals surface area (Å²) < 4.78 is 44.9. The van der Waals surface area contributed by atoms with Gasteiger partial charge in [-0.1, -0.05) is 37.3 Å². The standard InChI is InChI=1S/C31H39N3O7S/c1-7-22(2)32-31(36)23(3)33(20-24-13-15-26(39-4)16-14-24)30(35)21-34(25-11-9-8-10-12-25)42(37,38)27-17-18-28(40-5)29(19-27)41-6/h8-19,22-23H,7,20-21H2,1-6H3,(H,32,36)/t22-,23+/m0/s1. The van der Waals surface area contributed by atoms with E-state index in [1.807, 2.05) is 13.8 Å². The molecule has 0 saturated carbocycles. The van der Waals surface area contributed by atoms with Crippen LogP contribution in [0.15, 0.2) is 77.7 Å². The summed E-state index contributed by atoms with van der Waals surface area (Å²) in [6, 6.07) is 18.7. The van der Waals surface area contributed by atoms with Crippen molar-refractivity contribution in [1.29, 1.82) is 0 Å². The molecular weight excluding hydrogens is 558 g/mol. The number of hydrogen-bond donors (Lipinski definition) is 1. The molecule has 0 aromatic heterocycles. The molecule has 1 N–H and O–H groups in total. The van der Waals surface area contributed by atoms with Crippen LogP contribution in [0.25, 0.3) is 0 Å². The lowest BCUT2D eigenvalue weighted by molar-refractivity contribution is -0.139. The minimum absolute atomic E-state index is 0.0803. The Morgan fingerprint density at radius 3 is 2.07 bits per heavy atom. The number of amides is 2. The zero-order valence-corrected chi connectivity index (χ0v) is 25.7. The van der Waals surface area contributed by atoms with Crippen LogP contribution in [0.5, 0.6) is 17.2 Å². The lowest BCUT2D eigenvalue weighted by Crippen LogP contribution is -2.52. The number of rotatable bonds is 14. The van der Waals surface area contributed by atoms with Gasteiger partial charge >= 0.3 is 0 Å². The van der Waals surface area contributed by atoms with Crippen molar-refractivity contribution in [3.63, 3.8) is 0 Å². The van der Waals surface area contributed by atoms with Crippen molar-refractivity contribution in [2.24, 2.45) is 0 Å². The second-order valence-corrected chi connectivity index (χ2v) is 11.6.